The maximum absolute atomic E-state index is 10.5. The van der Waals surface area contributed by atoms with Crippen molar-refractivity contribution in [3.8, 4) is 142 Å². The Kier molecular flexibility index (Phi) is 14.5. The van der Waals surface area contributed by atoms with Crippen LogP contribution in [0.1, 0.15) is 16.7 Å². The van der Waals surface area contributed by atoms with E-state index in [4.69, 9.17) is 15.0 Å². The predicted octanol–water partition coefficient (Wildman–Crippen LogP) is 22.4. The zero-order chi connectivity index (χ0) is 65.6. The van der Waals surface area contributed by atoms with Crippen molar-refractivity contribution in [3.05, 3.63) is 344 Å². The van der Waals surface area contributed by atoms with Crippen LogP contribution in [-0.2, 0) is 0 Å². The zero-order valence-electron chi connectivity index (χ0n) is 52.8. The fraction of sp³-hybridized carbons (Fsp3) is 0. The maximum atomic E-state index is 10.5. The van der Waals surface area contributed by atoms with E-state index in [-0.39, 0.29) is 0 Å². The number of fused-ring (bicyclic) bond motifs is 6. The quantitative estimate of drug-likeness (QED) is 0.120. The molecule has 0 unspecified atom stereocenters. The Labute approximate surface area is 566 Å². The third-order valence-corrected chi connectivity index (χ3v) is 18.7. The summed E-state index contributed by atoms with van der Waals surface area (Å²) in [5.41, 5.74) is 23.8. The van der Waals surface area contributed by atoms with Crippen molar-refractivity contribution in [3.63, 3.8) is 0 Å². The molecule has 0 N–H and O–H groups in total. The van der Waals surface area contributed by atoms with Crippen molar-refractivity contribution in [1.82, 2.24) is 24.1 Å². The second-order valence-electron chi connectivity index (χ2n) is 24.5. The molecule has 17 aromatic rings. The molecule has 454 valence electrons. The molecule has 0 atom stereocenters. The highest BCUT2D eigenvalue weighted by Gasteiger charge is 2.24. The summed E-state index contributed by atoms with van der Waals surface area (Å²) < 4.78 is 4.67. The molecule has 8 nitrogen and oxygen atoms in total. The molecule has 14 aromatic carbocycles. The Morgan fingerprint density at radius 3 is 0.847 bits per heavy atom. The first kappa shape index (κ1) is 58.0. The number of rotatable bonds is 12. The maximum Gasteiger partial charge on any atom is 0.164 e. The molecule has 0 fully saturated rings. The van der Waals surface area contributed by atoms with Crippen LogP contribution < -0.4 is 0 Å². The summed E-state index contributed by atoms with van der Waals surface area (Å²) in [6.45, 7) is 0. The van der Waals surface area contributed by atoms with E-state index in [0.29, 0.717) is 45.3 Å². The molecule has 0 aliphatic heterocycles. The summed E-state index contributed by atoms with van der Waals surface area (Å²) in [5.74, 6) is 1.23. The summed E-state index contributed by atoms with van der Waals surface area (Å²) in [6, 6.07) is 120. The number of hydrogen-bond donors (Lipinski definition) is 0. The van der Waals surface area contributed by atoms with Gasteiger partial charge in [-0.25, -0.2) is 15.0 Å². The van der Waals surface area contributed by atoms with Gasteiger partial charge in [-0.1, -0.05) is 218 Å². The highest BCUT2D eigenvalue weighted by molar-refractivity contribution is 6.13. The van der Waals surface area contributed by atoms with Gasteiger partial charge in [0.15, 0.2) is 17.5 Å². The molecule has 3 aromatic heterocycles. The summed E-state index contributed by atoms with van der Waals surface area (Å²) in [7, 11) is 0. The standard InChI is InChI=1S/C90H54N8/c91-55-58-27-29-65(30-28-58)66-31-33-67(34-32-66)88-94-89(82-53-74(39-41-76(82)72-25-13-15-59(47-72)56-92)97-84-43-35-68(61-17-5-1-6-18-61)49-78(84)79-50-69(36-44-85(79)97)62-19-7-2-8-20-62)96-90(95-88)83-54-75(40-42-77(83)73-26-14-16-60(48-73)57-93)98-86-45-37-70(63-21-9-3-10-22-63)51-80(86)81-52-71(38-46-87(81)98)64-23-11-4-12-24-64/h1-54H. The van der Waals surface area contributed by atoms with E-state index < -0.39 is 0 Å². The topological polar surface area (TPSA) is 120 Å². The predicted molar refractivity (Wildman–Crippen MR) is 397 cm³/mol. The lowest BCUT2D eigenvalue weighted by Crippen LogP contribution is -2.04. The minimum absolute atomic E-state index is 0.403. The van der Waals surface area contributed by atoms with Gasteiger partial charge in [-0.05, 0) is 187 Å². The van der Waals surface area contributed by atoms with Crippen LogP contribution in [0.5, 0.6) is 0 Å². The first-order valence-corrected chi connectivity index (χ1v) is 32.5. The van der Waals surface area contributed by atoms with E-state index in [1.165, 1.54) is 0 Å². The molecule has 3 heterocycles. The van der Waals surface area contributed by atoms with Crippen LogP contribution in [-0.4, -0.2) is 24.1 Å². The number of benzene rings is 14. The third kappa shape index (κ3) is 10.6. The SMILES string of the molecule is N#Cc1ccc(-c2ccc(-c3nc(-c4cc(-n5c6ccc(-c7ccccc7)cc6c6cc(-c7ccccc7)ccc65)ccc4-c4cccc(C#N)c4)nc(-c4cc(-n5c6ccc(-c7ccccc7)cc6c6cc(-c7ccccc7)ccc65)ccc4-c4cccc(C#N)c4)n3)cc2)cc1. The molecule has 98 heavy (non-hydrogen) atoms. The second kappa shape index (κ2) is 24.6. The summed E-state index contributed by atoms with van der Waals surface area (Å²) in [6.07, 6.45) is 0. The molecule has 0 aliphatic rings. The van der Waals surface area contributed by atoms with Crippen LogP contribution in [0.25, 0.3) is 167 Å². The van der Waals surface area contributed by atoms with Gasteiger partial charge in [0.05, 0.1) is 57.0 Å². The zero-order valence-corrected chi connectivity index (χ0v) is 52.8. The fourth-order valence-corrected chi connectivity index (χ4v) is 13.9. The summed E-state index contributed by atoms with van der Waals surface area (Å²) in [5, 5.41) is 35.0. The van der Waals surface area contributed by atoms with Crippen molar-refractivity contribution in [2.24, 2.45) is 0 Å². The molecule has 8 heteroatoms. The average Bonchev–Trinajstić information content (AvgIpc) is 1.57. The highest BCUT2D eigenvalue weighted by atomic mass is 15.0. The molecule has 17 rings (SSSR count). The first-order valence-electron chi connectivity index (χ1n) is 32.5. The van der Waals surface area contributed by atoms with Crippen molar-refractivity contribution < 1.29 is 0 Å². The third-order valence-electron chi connectivity index (χ3n) is 18.7. The van der Waals surface area contributed by atoms with Gasteiger partial charge in [-0.2, -0.15) is 15.8 Å². The summed E-state index contributed by atoms with van der Waals surface area (Å²) in [4.78, 5) is 16.8. The van der Waals surface area contributed by atoms with Gasteiger partial charge in [-0.15, -0.1) is 0 Å². The lowest BCUT2D eigenvalue weighted by atomic mass is 9.95. The lowest BCUT2D eigenvalue weighted by Gasteiger charge is -2.17. The van der Waals surface area contributed by atoms with E-state index in [1.54, 1.807) is 0 Å². The number of aromatic nitrogens is 5. The van der Waals surface area contributed by atoms with Gasteiger partial charge in [0.25, 0.3) is 0 Å². The molecular weight excluding hydrogens is 1190 g/mol. The number of nitrogens with zero attached hydrogens (tertiary/aromatic N) is 8. The van der Waals surface area contributed by atoms with Crippen LogP contribution in [0, 0.1) is 34.0 Å². The number of nitriles is 3. The van der Waals surface area contributed by atoms with Crippen molar-refractivity contribution in [2.75, 3.05) is 0 Å². The van der Waals surface area contributed by atoms with E-state index in [9.17, 15) is 15.8 Å². The van der Waals surface area contributed by atoms with E-state index in [1.807, 2.05) is 109 Å². The molecule has 0 saturated heterocycles. The van der Waals surface area contributed by atoms with Gasteiger partial charge >= 0.3 is 0 Å². The molecule has 0 spiro atoms. The van der Waals surface area contributed by atoms with Crippen LogP contribution in [0.15, 0.2) is 328 Å². The van der Waals surface area contributed by atoms with Gasteiger partial charge < -0.3 is 9.13 Å². The molecule has 0 radical (unpaired) electrons. The van der Waals surface area contributed by atoms with Gasteiger partial charge in [0.1, 0.15) is 0 Å². The van der Waals surface area contributed by atoms with Gasteiger partial charge in [0, 0.05) is 49.6 Å². The normalized spacial score (nSPS) is 11.2. The summed E-state index contributed by atoms with van der Waals surface area (Å²) >= 11 is 0. The largest absolute Gasteiger partial charge is 0.309 e. The fourth-order valence-electron chi connectivity index (χ4n) is 13.9. The molecule has 0 saturated carbocycles. The van der Waals surface area contributed by atoms with E-state index in [0.717, 1.165) is 138 Å². The van der Waals surface area contributed by atoms with Crippen LogP contribution in [0.2, 0.25) is 0 Å². The average molecular weight is 1250 g/mol. The minimum atomic E-state index is 0.403. The molecule has 0 bridgehead atoms. The van der Waals surface area contributed by atoms with Gasteiger partial charge in [0.2, 0.25) is 0 Å². The van der Waals surface area contributed by atoms with Crippen LogP contribution in [0.3, 0.4) is 0 Å². The Balaban J connectivity index is 0.927. The van der Waals surface area contributed by atoms with Crippen molar-refractivity contribution >= 4 is 43.6 Å². The Morgan fingerprint density at radius 2 is 0.500 bits per heavy atom. The Hall–Kier alpha value is -13.8. The van der Waals surface area contributed by atoms with Crippen LogP contribution in [0.4, 0.5) is 0 Å². The number of hydrogen-bond acceptors (Lipinski definition) is 6. The van der Waals surface area contributed by atoms with E-state index in [2.05, 4.69) is 246 Å². The molecule has 0 aliphatic carbocycles. The Bertz CT molecular complexity index is 5590. The second-order valence-corrected chi connectivity index (χ2v) is 24.5. The first-order chi connectivity index (χ1) is 48.4. The monoisotopic (exact) mass is 1250 g/mol. The lowest BCUT2D eigenvalue weighted by molar-refractivity contribution is 1.07. The van der Waals surface area contributed by atoms with Crippen molar-refractivity contribution in [2.45, 2.75) is 0 Å². The van der Waals surface area contributed by atoms with Crippen molar-refractivity contribution in [1.29, 1.82) is 15.8 Å². The highest BCUT2D eigenvalue weighted by Crippen LogP contribution is 2.44. The minimum Gasteiger partial charge on any atom is -0.309 e. The van der Waals surface area contributed by atoms with Crippen LogP contribution >= 0.6 is 0 Å². The van der Waals surface area contributed by atoms with Gasteiger partial charge in [-0.3, -0.25) is 0 Å². The smallest absolute Gasteiger partial charge is 0.164 e. The molecular formula is C90H54N8. The molecule has 0 amide bonds. The van der Waals surface area contributed by atoms with E-state index >= 15 is 0 Å². The Morgan fingerprint density at radius 1 is 0.204 bits per heavy atom.